The Morgan fingerprint density at radius 2 is 1.71 bits per heavy atom. The van der Waals surface area contributed by atoms with Crippen molar-refractivity contribution in [1.29, 1.82) is 0 Å². The van der Waals surface area contributed by atoms with Gasteiger partial charge in [0.1, 0.15) is 5.69 Å². The molecule has 0 aromatic carbocycles. The average molecular weight is 403 g/mol. The van der Waals surface area contributed by atoms with Gasteiger partial charge in [-0.3, -0.25) is 9.36 Å². The van der Waals surface area contributed by atoms with Crippen molar-refractivity contribution in [3.63, 3.8) is 0 Å². The van der Waals surface area contributed by atoms with E-state index >= 15 is 0 Å². The van der Waals surface area contributed by atoms with E-state index in [-0.39, 0.29) is 5.91 Å². The first-order valence-electron chi connectivity index (χ1n) is 10.6. The minimum absolute atomic E-state index is 0.0432. The Hall–Kier alpha value is -1.93. The van der Waals surface area contributed by atoms with Gasteiger partial charge in [-0.05, 0) is 70.3 Å². The fraction of sp³-hybridized carbons (Fsp3) is 0.650. The highest BCUT2D eigenvalue weighted by molar-refractivity contribution is 7.17. The molecule has 2 aliphatic rings. The maximum Gasteiger partial charge on any atom is 0.268 e. The average Bonchev–Trinajstić information content (AvgIpc) is 3.42. The van der Waals surface area contributed by atoms with Gasteiger partial charge in [0, 0.05) is 25.8 Å². The van der Waals surface area contributed by atoms with Crippen LogP contribution in [-0.2, 0) is 0 Å². The van der Waals surface area contributed by atoms with E-state index in [2.05, 4.69) is 25.3 Å². The molecule has 2 aromatic heterocycles. The van der Waals surface area contributed by atoms with Crippen molar-refractivity contribution >= 4 is 22.4 Å². The molecule has 28 heavy (non-hydrogen) atoms. The van der Waals surface area contributed by atoms with Crippen LogP contribution in [0.15, 0.2) is 18.3 Å². The van der Waals surface area contributed by atoms with Gasteiger partial charge in [-0.25, -0.2) is 0 Å². The smallest absolute Gasteiger partial charge is 0.268 e. The monoisotopic (exact) mass is 402 g/mol. The molecule has 2 aromatic rings. The lowest BCUT2D eigenvalue weighted by molar-refractivity contribution is 0.0944. The molecule has 0 saturated carbocycles. The van der Waals surface area contributed by atoms with E-state index in [1.165, 1.54) is 51.6 Å². The first kappa shape index (κ1) is 19.4. The quantitative estimate of drug-likeness (QED) is 0.722. The molecule has 0 spiro atoms. The molecule has 8 heteroatoms. The van der Waals surface area contributed by atoms with Gasteiger partial charge in [0.15, 0.2) is 0 Å². The zero-order chi connectivity index (χ0) is 19.2. The van der Waals surface area contributed by atoms with Crippen LogP contribution in [0.1, 0.15) is 55.4 Å². The Balaban J connectivity index is 1.31. The predicted octanol–water partition coefficient (Wildman–Crippen LogP) is 2.92. The molecule has 152 valence electrons. The van der Waals surface area contributed by atoms with Crippen LogP contribution in [0.5, 0.6) is 0 Å². The molecule has 7 nitrogen and oxygen atoms in total. The fourth-order valence-electron chi connectivity index (χ4n) is 4.03. The van der Waals surface area contributed by atoms with Crippen molar-refractivity contribution in [2.45, 2.75) is 44.9 Å². The van der Waals surface area contributed by atoms with E-state index < -0.39 is 0 Å². The minimum Gasteiger partial charge on any atom is -0.351 e. The third-order valence-corrected chi connectivity index (χ3v) is 6.59. The minimum atomic E-state index is -0.0432. The molecular formula is C20H30N6OS. The van der Waals surface area contributed by atoms with Crippen molar-refractivity contribution in [3.05, 3.63) is 24.0 Å². The molecule has 0 atom stereocenters. The van der Waals surface area contributed by atoms with E-state index in [9.17, 15) is 4.79 Å². The zero-order valence-corrected chi connectivity index (χ0v) is 17.3. The number of nitrogens with zero attached hydrogens (tertiary/aromatic N) is 5. The SMILES string of the molecule is O=C(NCCCN1CCCCC1)c1cccn1-c1nnc(N2CCCCC2)s1. The Bertz CT molecular complexity index is 760. The predicted molar refractivity (Wildman–Crippen MR) is 113 cm³/mol. The zero-order valence-electron chi connectivity index (χ0n) is 16.5. The largest absolute Gasteiger partial charge is 0.351 e. The molecule has 0 unspecified atom stereocenters. The summed E-state index contributed by atoms with van der Waals surface area (Å²) in [5.74, 6) is -0.0432. The topological polar surface area (TPSA) is 66.3 Å². The lowest BCUT2D eigenvalue weighted by atomic mass is 10.1. The lowest BCUT2D eigenvalue weighted by Gasteiger charge is -2.26. The van der Waals surface area contributed by atoms with Crippen LogP contribution in [0.4, 0.5) is 5.13 Å². The van der Waals surface area contributed by atoms with Crippen molar-refractivity contribution in [2.75, 3.05) is 44.2 Å². The molecule has 2 saturated heterocycles. The second-order valence-electron chi connectivity index (χ2n) is 7.69. The second kappa shape index (κ2) is 9.52. The van der Waals surface area contributed by atoms with Crippen molar-refractivity contribution in [1.82, 2.24) is 25.0 Å². The Kier molecular flexibility index (Phi) is 6.59. The van der Waals surface area contributed by atoms with Gasteiger partial charge in [0.05, 0.1) is 0 Å². The number of amides is 1. The number of anilines is 1. The van der Waals surface area contributed by atoms with Crippen LogP contribution in [0, 0.1) is 0 Å². The van der Waals surface area contributed by atoms with E-state index in [0.29, 0.717) is 12.2 Å². The van der Waals surface area contributed by atoms with Gasteiger partial charge in [0.25, 0.3) is 5.91 Å². The summed E-state index contributed by atoms with van der Waals surface area (Å²) in [5.41, 5.74) is 0.624. The number of hydrogen-bond acceptors (Lipinski definition) is 6. The molecule has 4 heterocycles. The van der Waals surface area contributed by atoms with Crippen molar-refractivity contribution in [2.24, 2.45) is 0 Å². The van der Waals surface area contributed by atoms with Gasteiger partial charge in [-0.1, -0.05) is 17.8 Å². The summed E-state index contributed by atoms with van der Waals surface area (Å²) < 4.78 is 1.85. The summed E-state index contributed by atoms with van der Waals surface area (Å²) in [4.78, 5) is 17.5. The number of nitrogens with one attached hydrogen (secondary N) is 1. The lowest BCUT2D eigenvalue weighted by Crippen LogP contribution is -2.33. The molecular weight excluding hydrogens is 372 g/mol. The van der Waals surface area contributed by atoms with Gasteiger partial charge in [-0.15, -0.1) is 10.2 Å². The Morgan fingerprint density at radius 1 is 1.00 bits per heavy atom. The molecule has 0 radical (unpaired) electrons. The summed E-state index contributed by atoms with van der Waals surface area (Å²) in [6.07, 6.45) is 10.6. The van der Waals surface area contributed by atoms with Crippen molar-refractivity contribution in [3.8, 4) is 5.13 Å². The highest BCUT2D eigenvalue weighted by atomic mass is 32.1. The normalized spacial score (nSPS) is 18.4. The van der Waals surface area contributed by atoms with Crippen LogP contribution in [-0.4, -0.2) is 64.8 Å². The van der Waals surface area contributed by atoms with Gasteiger partial charge >= 0.3 is 0 Å². The summed E-state index contributed by atoms with van der Waals surface area (Å²) in [6.45, 7) is 6.27. The standard InChI is InChI=1S/C20H30N6OS/c27-18(21-10-8-13-24-11-3-1-4-12-24)17-9-7-16-26(17)20-23-22-19(28-20)25-14-5-2-6-15-25/h7,9,16H,1-6,8,10-15H2,(H,21,27). The number of rotatable bonds is 7. The molecule has 4 rings (SSSR count). The number of hydrogen-bond donors (Lipinski definition) is 1. The summed E-state index contributed by atoms with van der Waals surface area (Å²) in [6, 6.07) is 3.74. The van der Waals surface area contributed by atoms with Crippen LogP contribution in [0.2, 0.25) is 0 Å². The summed E-state index contributed by atoms with van der Waals surface area (Å²) in [7, 11) is 0. The van der Waals surface area contributed by atoms with Gasteiger partial charge in [0.2, 0.25) is 10.3 Å². The highest BCUT2D eigenvalue weighted by Gasteiger charge is 2.19. The molecule has 0 aliphatic carbocycles. The van der Waals surface area contributed by atoms with Crippen LogP contribution < -0.4 is 10.2 Å². The number of aromatic nitrogens is 3. The highest BCUT2D eigenvalue weighted by Crippen LogP contribution is 2.26. The fourth-order valence-corrected chi connectivity index (χ4v) is 4.93. The third kappa shape index (κ3) is 4.72. The van der Waals surface area contributed by atoms with Crippen LogP contribution in [0.25, 0.3) is 5.13 Å². The molecule has 2 fully saturated rings. The van der Waals surface area contributed by atoms with E-state index in [1.54, 1.807) is 11.3 Å². The van der Waals surface area contributed by atoms with Crippen molar-refractivity contribution < 1.29 is 4.79 Å². The molecule has 0 bridgehead atoms. The third-order valence-electron chi connectivity index (χ3n) is 5.60. The number of carbonyl (C=O) groups excluding carboxylic acids is 1. The molecule has 1 N–H and O–H groups in total. The molecule has 2 aliphatic heterocycles. The molecule has 1 amide bonds. The number of carbonyl (C=O) groups is 1. The second-order valence-corrected chi connectivity index (χ2v) is 8.62. The Morgan fingerprint density at radius 3 is 2.50 bits per heavy atom. The van der Waals surface area contributed by atoms with E-state index in [1.807, 2.05) is 22.9 Å². The maximum absolute atomic E-state index is 12.7. The summed E-state index contributed by atoms with van der Waals surface area (Å²) in [5, 5.41) is 13.5. The maximum atomic E-state index is 12.7. The van der Waals surface area contributed by atoms with Crippen LogP contribution >= 0.6 is 11.3 Å². The first-order chi connectivity index (χ1) is 13.8. The van der Waals surface area contributed by atoms with E-state index in [0.717, 1.165) is 36.3 Å². The number of piperidine rings is 2. The van der Waals surface area contributed by atoms with Gasteiger partial charge in [-0.2, -0.15) is 0 Å². The number of likely N-dealkylation sites (tertiary alicyclic amines) is 1. The first-order valence-corrected chi connectivity index (χ1v) is 11.4. The summed E-state index contributed by atoms with van der Waals surface area (Å²) >= 11 is 1.56. The van der Waals surface area contributed by atoms with E-state index in [4.69, 9.17) is 0 Å². The Labute approximate surface area is 170 Å². The van der Waals surface area contributed by atoms with Gasteiger partial charge < -0.3 is 15.1 Å². The van der Waals surface area contributed by atoms with Crippen LogP contribution in [0.3, 0.4) is 0 Å².